The van der Waals surface area contributed by atoms with Gasteiger partial charge in [0.25, 0.3) is 0 Å². The quantitative estimate of drug-likeness (QED) is 0.776. The summed E-state index contributed by atoms with van der Waals surface area (Å²) in [5, 5.41) is 2.68. The summed E-state index contributed by atoms with van der Waals surface area (Å²) in [5.74, 6) is -0.336. The smallest absolute Gasteiger partial charge is 0.446 e. The molecule has 0 unspecified atom stereocenters. The number of alkyl carbamates (subject to hydrolysis) is 1. The number of hydrogen-bond donors (Lipinski definition) is 1. The van der Waals surface area contributed by atoms with Gasteiger partial charge in [0.2, 0.25) is 5.91 Å². The molecule has 0 atom stereocenters. The fourth-order valence-corrected chi connectivity index (χ4v) is 4.04. The van der Waals surface area contributed by atoms with Crippen LogP contribution in [-0.2, 0) is 9.53 Å². The number of anilines is 1. The fourth-order valence-electron chi connectivity index (χ4n) is 4.04. The van der Waals surface area contributed by atoms with Crippen LogP contribution in [0.4, 0.5) is 23.7 Å². The van der Waals surface area contributed by atoms with E-state index in [0.29, 0.717) is 50.9 Å². The average Bonchev–Trinajstić information content (AvgIpc) is 2.98. The molecular formula is C20H25F3N2O4. The third-order valence-electron chi connectivity index (χ3n) is 5.58. The largest absolute Gasteiger partial charge is 0.573 e. The van der Waals surface area contributed by atoms with Crippen molar-refractivity contribution >= 4 is 17.7 Å². The maximum Gasteiger partial charge on any atom is 0.573 e. The lowest BCUT2D eigenvalue weighted by atomic mass is 9.72. The number of halogens is 3. The van der Waals surface area contributed by atoms with Gasteiger partial charge in [0.05, 0.1) is 5.41 Å². The number of nitrogens with zero attached hydrogens (tertiary/aromatic N) is 1. The lowest BCUT2D eigenvalue weighted by molar-refractivity contribution is -0.274. The van der Waals surface area contributed by atoms with E-state index in [1.807, 2.05) is 6.92 Å². The van der Waals surface area contributed by atoms with Crippen molar-refractivity contribution in [3.05, 3.63) is 24.3 Å². The highest BCUT2D eigenvalue weighted by molar-refractivity contribution is 6.00. The monoisotopic (exact) mass is 414 g/mol. The highest BCUT2D eigenvalue weighted by Gasteiger charge is 2.49. The van der Waals surface area contributed by atoms with Crippen molar-refractivity contribution in [2.24, 2.45) is 5.41 Å². The minimum Gasteiger partial charge on any atom is -0.446 e. The Kier molecular flexibility index (Phi) is 6.24. The van der Waals surface area contributed by atoms with E-state index < -0.39 is 17.9 Å². The van der Waals surface area contributed by atoms with Crippen molar-refractivity contribution in [1.29, 1.82) is 0 Å². The standard InChI is InChI=1S/C20H25F3N2O4/c1-2-12-24-18(27)28-15-7-9-19(10-8-15)11-13-25(17(19)26)14-3-5-16(6-4-14)29-20(21,22)23/h3-6,15H,2,7-13H2,1H3,(H,24,27)/t15-,19-. The summed E-state index contributed by atoms with van der Waals surface area (Å²) < 4.78 is 46.2. The summed E-state index contributed by atoms with van der Waals surface area (Å²) in [6, 6.07) is 5.34. The predicted octanol–water partition coefficient (Wildman–Crippen LogP) is 4.39. The molecule has 0 bridgehead atoms. The van der Waals surface area contributed by atoms with Gasteiger partial charge in [0.15, 0.2) is 0 Å². The van der Waals surface area contributed by atoms with Crippen LogP contribution in [-0.4, -0.2) is 37.6 Å². The third kappa shape index (κ3) is 5.13. The van der Waals surface area contributed by atoms with Gasteiger partial charge in [-0.25, -0.2) is 4.79 Å². The van der Waals surface area contributed by atoms with Crippen LogP contribution in [0.2, 0.25) is 0 Å². The molecule has 1 saturated heterocycles. The summed E-state index contributed by atoms with van der Waals surface area (Å²) in [6.45, 7) is 3.04. The van der Waals surface area contributed by atoms with Crippen molar-refractivity contribution in [3.63, 3.8) is 0 Å². The van der Waals surface area contributed by atoms with Gasteiger partial charge in [0.1, 0.15) is 11.9 Å². The van der Waals surface area contributed by atoms with Gasteiger partial charge in [-0.05, 0) is 62.8 Å². The van der Waals surface area contributed by atoms with Gasteiger partial charge in [-0.3, -0.25) is 4.79 Å². The van der Waals surface area contributed by atoms with Gasteiger partial charge in [0, 0.05) is 18.8 Å². The third-order valence-corrected chi connectivity index (χ3v) is 5.58. The highest BCUT2D eigenvalue weighted by Crippen LogP contribution is 2.46. The Hall–Kier alpha value is -2.45. The number of nitrogens with one attached hydrogen (secondary N) is 1. The number of alkyl halides is 3. The summed E-state index contributed by atoms with van der Waals surface area (Å²) in [5.41, 5.74) is 0.0691. The maximum absolute atomic E-state index is 13.1. The molecule has 1 aliphatic heterocycles. The summed E-state index contributed by atoms with van der Waals surface area (Å²) in [6.07, 6.45) is -1.35. The molecule has 0 radical (unpaired) electrons. The second-order valence-electron chi connectivity index (χ2n) is 7.56. The molecule has 2 aliphatic rings. The van der Waals surface area contributed by atoms with Crippen molar-refractivity contribution in [3.8, 4) is 5.75 Å². The fraction of sp³-hybridized carbons (Fsp3) is 0.600. The predicted molar refractivity (Wildman–Crippen MR) is 99.6 cm³/mol. The van der Waals surface area contributed by atoms with Gasteiger partial charge in [-0.1, -0.05) is 6.92 Å². The zero-order valence-electron chi connectivity index (χ0n) is 16.3. The van der Waals surface area contributed by atoms with Crippen LogP contribution in [0.25, 0.3) is 0 Å². The topological polar surface area (TPSA) is 67.9 Å². The minimum atomic E-state index is -4.75. The van der Waals surface area contributed by atoms with Crippen LogP contribution in [0.15, 0.2) is 24.3 Å². The van der Waals surface area contributed by atoms with E-state index in [1.165, 1.54) is 24.3 Å². The Labute approximate surface area is 167 Å². The zero-order chi connectivity index (χ0) is 21.1. The second kappa shape index (κ2) is 8.51. The van der Waals surface area contributed by atoms with Crippen LogP contribution in [0.5, 0.6) is 5.75 Å². The molecule has 1 aliphatic carbocycles. The first-order valence-corrected chi connectivity index (χ1v) is 9.85. The molecule has 3 rings (SSSR count). The Balaban J connectivity index is 1.57. The van der Waals surface area contributed by atoms with E-state index in [1.54, 1.807) is 4.90 Å². The Morgan fingerprint density at radius 1 is 1.21 bits per heavy atom. The van der Waals surface area contributed by atoms with Crippen LogP contribution in [0.1, 0.15) is 45.4 Å². The van der Waals surface area contributed by atoms with Crippen molar-refractivity contribution in [1.82, 2.24) is 5.32 Å². The normalized spacial score (nSPS) is 24.6. The van der Waals surface area contributed by atoms with Crippen molar-refractivity contribution in [2.75, 3.05) is 18.0 Å². The Morgan fingerprint density at radius 2 is 1.86 bits per heavy atom. The van der Waals surface area contributed by atoms with E-state index in [4.69, 9.17) is 4.74 Å². The highest BCUT2D eigenvalue weighted by atomic mass is 19.4. The number of hydrogen-bond acceptors (Lipinski definition) is 4. The molecule has 1 aromatic rings. The SMILES string of the molecule is CCCNC(=O)O[C@H]1CC[C@@]2(CCN(c3ccc(OC(F)(F)F)cc3)C2=O)CC1. The van der Waals surface area contributed by atoms with E-state index in [-0.39, 0.29) is 17.8 Å². The molecule has 2 amide bonds. The van der Waals surface area contributed by atoms with Gasteiger partial charge < -0.3 is 19.7 Å². The number of ether oxygens (including phenoxy) is 2. The van der Waals surface area contributed by atoms with E-state index in [0.717, 1.165) is 6.42 Å². The molecule has 9 heteroatoms. The molecule has 1 saturated carbocycles. The molecule has 1 N–H and O–H groups in total. The first kappa shape index (κ1) is 21.3. The number of rotatable bonds is 5. The Bertz CT molecular complexity index is 728. The summed E-state index contributed by atoms with van der Waals surface area (Å²) in [7, 11) is 0. The van der Waals surface area contributed by atoms with Crippen LogP contribution in [0, 0.1) is 5.41 Å². The summed E-state index contributed by atoms with van der Waals surface area (Å²) in [4.78, 5) is 26.4. The van der Waals surface area contributed by atoms with E-state index >= 15 is 0 Å². The molecular weight excluding hydrogens is 389 g/mol. The molecule has 1 heterocycles. The molecule has 1 aromatic carbocycles. The second-order valence-corrected chi connectivity index (χ2v) is 7.56. The number of carbonyl (C=O) groups is 2. The molecule has 1 spiro atoms. The first-order valence-electron chi connectivity index (χ1n) is 9.85. The number of benzene rings is 1. The van der Waals surface area contributed by atoms with Crippen LogP contribution in [0.3, 0.4) is 0 Å². The van der Waals surface area contributed by atoms with Crippen molar-refractivity contribution in [2.45, 2.75) is 57.9 Å². The van der Waals surface area contributed by atoms with E-state index in [9.17, 15) is 22.8 Å². The average molecular weight is 414 g/mol. The van der Waals surface area contributed by atoms with Crippen molar-refractivity contribution < 1.29 is 32.2 Å². The lowest BCUT2D eigenvalue weighted by Gasteiger charge is -2.35. The van der Waals surface area contributed by atoms with Gasteiger partial charge in [-0.2, -0.15) is 0 Å². The first-order chi connectivity index (χ1) is 13.7. The minimum absolute atomic E-state index is 0.0177. The number of carbonyl (C=O) groups excluding carboxylic acids is 2. The van der Waals surface area contributed by atoms with Gasteiger partial charge >= 0.3 is 12.5 Å². The van der Waals surface area contributed by atoms with Crippen LogP contribution >= 0.6 is 0 Å². The van der Waals surface area contributed by atoms with Gasteiger partial charge in [-0.15, -0.1) is 13.2 Å². The molecule has 29 heavy (non-hydrogen) atoms. The van der Waals surface area contributed by atoms with Crippen LogP contribution < -0.4 is 15.0 Å². The molecule has 2 fully saturated rings. The lowest BCUT2D eigenvalue weighted by Crippen LogP contribution is -2.40. The Morgan fingerprint density at radius 3 is 2.45 bits per heavy atom. The molecule has 160 valence electrons. The van der Waals surface area contributed by atoms with E-state index in [2.05, 4.69) is 10.1 Å². The zero-order valence-corrected chi connectivity index (χ0v) is 16.3. The molecule has 0 aromatic heterocycles. The maximum atomic E-state index is 13.1. The number of amides is 2. The summed E-state index contributed by atoms with van der Waals surface area (Å²) >= 11 is 0. The molecule has 6 nitrogen and oxygen atoms in total.